The second-order valence-electron chi connectivity index (χ2n) is 4.81. The molecule has 5 nitrogen and oxygen atoms in total. The lowest BCUT2D eigenvalue weighted by atomic mass is 10.0. The molecule has 0 saturated carbocycles. The molecular formula is C14H17Br2N3O2. The van der Waals surface area contributed by atoms with Gasteiger partial charge in [-0.15, -0.1) is 0 Å². The molecule has 7 heteroatoms. The molecule has 2 rings (SSSR count). The van der Waals surface area contributed by atoms with E-state index in [2.05, 4.69) is 48.1 Å². The number of nitrogens with one attached hydrogen (secondary N) is 1. The second kappa shape index (κ2) is 7.45. The number of nitrogens with zero attached hydrogens (tertiary/aromatic N) is 2. The average molecular weight is 419 g/mol. The van der Waals surface area contributed by atoms with Crippen LogP contribution in [0.3, 0.4) is 0 Å². The van der Waals surface area contributed by atoms with Crippen molar-refractivity contribution in [2.24, 2.45) is 0 Å². The Kier molecular flexibility index (Phi) is 5.88. The fraction of sp³-hybridized carbons (Fsp3) is 0.500. The van der Waals surface area contributed by atoms with Crippen LogP contribution in [0.25, 0.3) is 0 Å². The Hall–Kier alpha value is -0.810. The van der Waals surface area contributed by atoms with Crippen LogP contribution in [0.1, 0.15) is 18.0 Å². The maximum absolute atomic E-state index is 10.0. The normalized spacial score (nSPS) is 17.2. The smallest absolute Gasteiger partial charge is 0.173 e. The van der Waals surface area contributed by atoms with E-state index in [9.17, 15) is 5.11 Å². The number of hydrogen-bond acceptors (Lipinski definition) is 5. The van der Waals surface area contributed by atoms with Crippen molar-refractivity contribution >= 4 is 31.9 Å². The summed E-state index contributed by atoms with van der Waals surface area (Å²) in [6.07, 6.45) is 0.388. The highest BCUT2D eigenvalue weighted by atomic mass is 79.9. The number of ether oxygens (including phenoxy) is 1. The minimum atomic E-state index is -0.0303. The molecular weight excluding hydrogens is 402 g/mol. The van der Waals surface area contributed by atoms with Gasteiger partial charge in [0.2, 0.25) is 0 Å². The van der Waals surface area contributed by atoms with Gasteiger partial charge in [-0.1, -0.05) is 0 Å². The first kappa shape index (κ1) is 16.6. The quantitative estimate of drug-likeness (QED) is 0.786. The van der Waals surface area contributed by atoms with E-state index >= 15 is 0 Å². The predicted octanol–water partition coefficient (Wildman–Crippen LogP) is 2.79. The van der Waals surface area contributed by atoms with Crippen molar-refractivity contribution in [3.05, 3.63) is 20.6 Å². The average Bonchev–Trinajstić information content (AvgIpc) is 2.52. The minimum Gasteiger partial charge on any atom is -0.503 e. The zero-order valence-electron chi connectivity index (χ0n) is 11.7. The summed E-state index contributed by atoms with van der Waals surface area (Å²) in [6, 6.07) is 4.03. The molecule has 1 aliphatic rings. The van der Waals surface area contributed by atoms with Crippen molar-refractivity contribution in [3.63, 3.8) is 0 Å². The largest absolute Gasteiger partial charge is 0.503 e. The highest BCUT2D eigenvalue weighted by Crippen LogP contribution is 2.45. The minimum absolute atomic E-state index is 0.0303. The van der Waals surface area contributed by atoms with Crippen LogP contribution in [0.5, 0.6) is 11.5 Å². The van der Waals surface area contributed by atoms with Gasteiger partial charge in [0.15, 0.2) is 11.5 Å². The van der Waals surface area contributed by atoms with Gasteiger partial charge in [0, 0.05) is 36.7 Å². The number of rotatable bonds is 4. The van der Waals surface area contributed by atoms with Crippen LogP contribution in [0.15, 0.2) is 15.0 Å². The predicted molar refractivity (Wildman–Crippen MR) is 87.5 cm³/mol. The van der Waals surface area contributed by atoms with Crippen molar-refractivity contribution < 1.29 is 9.84 Å². The van der Waals surface area contributed by atoms with Gasteiger partial charge < -0.3 is 15.2 Å². The Labute approximate surface area is 141 Å². The molecule has 1 saturated heterocycles. The summed E-state index contributed by atoms with van der Waals surface area (Å²) in [5.74, 6) is 0.460. The molecule has 1 aromatic carbocycles. The van der Waals surface area contributed by atoms with Gasteiger partial charge in [0.25, 0.3) is 0 Å². The standard InChI is InChI=1S/C14H17Br2N3O2/c1-21-11-8-9(12(15)13(16)14(11)20)10(2-3-17)19-6-4-18-5-7-19/h8,10,18,20H,2,4-7H2,1H3/t10-/m0/s1. The molecule has 1 fully saturated rings. The summed E-state index contributed by atoms with van der Waals surface area (Å²) in [4.78, 5) is 2.28. The maximum atomic E-state index is 10.0. The molecule has 1 heterocycles. The third-order valence-corrected chi connectivity index (χ3v) is 5.79. The Morgan fingerprint density at radius 1 is 1.43 bits per heavy atom. The number of aromatic hydroxyl groups is 1. The van der Waals surface area contributed by atoms with Crippen molar-refractivity contribution in [1.29, 1.82) is 5.26 Å². The number of nitriles is 1. The van der Waals surface area contributed by atoms with E-state index in [1.54, 1.807) is 6.07 Å². The van der Waals surface area contributed by atoms with E-state index < -0.39 is 0 Å². The van der Waals surface area contributed by atoms with Crippen molar-refractivity contribution in [2.75, 3.05) is 33.3 Å². The van der Waals surface area contributed by atoms with Crippen LogP contribution in [0.4, 0.5) is 0 Å². The maximum Gasteiger partial charge on any atom is 0.173 e. The molecule has 0 radical (unpaired) electrons. The number of halogens is 2. The van der Waals surface area contributed by atoms with Crippen LogP contribution in [-0.2, 0) is 0 Å². The van der Waals surface area contributed by atoms with Crippen LogP contribution in [0, 0.1) is 11.3 Å². The van der Waals surface area contributed by atoms with E-state index in [1.807, 2.05) is 0 Å². The first-order chi connectivity index (χ1) is 10.1. The van der Waals surface area contributed by atoms with E-state index in [4.69, 9.17) is 10.00 Å². The molecule has 21 heavy (non-hydrogen) atoms. The number of phenols is 1. The fourth-order valence-corrected chi connectivity index (χ4v) is 3.52. The molecule has 1 atom stereocenters. The molecule has 0 spiro atoms. The molecule has 1 aliphatic heterocycles. The number of hydrogen-bond donors (Lipinski definition) is 2. The lowest BCUT2D eigenvalue weighted by molar-refractivity contribution is 0.174. The van der Waals surface area contributed by atoms with E-state index in [0.717, 1.165) is 36.2 Å². The number of benzene rings is 1. The molecule has 2 N–H and O–H groups in total. The van der Waals surface area contributed by atoms with Crippen LogP contribution in [-0.4, -0.2) is 43.3 Å². The van der Waals surface area contributed by atoms with Gasteiger partial charge >= 0.3 is 0 Å². The lowest BCUT2D eigenvalue weighted by Gasteiger charge is -2.34. The van der Waals surface area contributed by atoms with Crippen LogP contribution >= 0.6 is 31.9 Å². The van der Waals surface area contributed by atoms with Gasteiger partial charge in [-0.3, -0.25) is 4.90 Å². The monoisotopic (exact) mass is 417 g/mol. The van der Waals surface area contributed by atoms with Crippen LogP contribution < -0.4 is 10.1 Å². The van der Waals surface area contributed by atoms with Crippen molar-refractivity contribution in [1.82, 2.24) is 10.2 Å². The molecule has 114 valence electrons. The zero-order chi connectivity index (χ0) is 15.4. The fourth-order valence-electron chi connectivity index (χ4n) is 2.53. The molecule has 0 aromatic heterocycles. The summed E-state index contributed by atoms with van der Waals surface area (Å²) >= 11 is 6.89. The summed E-state index contributed by atoms with van der Waals surface area (Å²) in [7, 11) is 1.52. The summed E-state index contributed by atoms with van der Waals surface area (Å²) < 4.78 is 6.54. The Bertz CT molecular complexity index is 554. The van der Waals surface area contributed by atoms with E-state index in [1.165, 1.54) is 7.11 Å². The summed E-state index contributed by atoms with van der Waals surface area (Å²) in [5.41, 5.74) is 0.944. The zero-order valence-corrected chi connectivity index (χ0v) is 14.9. The third kappa shape index (κ3) is 3.51. The SMILES string of the molecule is COc1cc([C@H](CC#N)N2CCNCC2)c(Br)c(Br)c1O. The Balaban J connectivity index is 2.44. The van der Waals surface area contributed by atoms with Gasteiger partial charge in [0.05, 0.1) is 24.1 Å². The van der Waals surface area contributed by atoms with Gasteiger partial charge in [-0.2, -0.15) is 5.26 Å². The van der Waals surface area contributed by atoms with E-state index in [-0.39, 0.29) is 11.8 Å². The van der Waals surface area contributed by atoms with Crippen molar-refractivity contribution in [2.45, 2.75) is 12.5 Å². The van der Waals surface area contributed by atoms with Crippen LogP contribution in [0.2, 0.25) is 0 Å². The van der Waals surface area contributed by atoms with Gasteiger partial charge in [0.1, 0.15) is 0 Å². The molecule has 0 unspecified atom stereocenters. The third-order valence-electron chi connectivity index (χ3n) is 3.63. The molecule has 0 amide bonds. The highest BCUT2D eigenvalue weighted by Gasteiger charge is 2.27. The van der Waals surface area contributed by atoms with E-state index in [0.29, 0.717) is 16.6 Å². The first-order valence-electron chi connectivity index (χ1n) is 6.66. The Morgan fingerprint density at radius 2 is 2.10 bits per heavy atom. The second-order valence-corrected chi connectivity index (χ2v) is 6.39. The summed E-state index contributed by atoms with van der Waals surface area (Å²) in [6.45, 7) is 3.60. The molecule has 1 aromatic rings. The first-order valence-corrected chi connectivity index (χ1v) is 8.25. The number of phenolic OH excluding ortho intramolecular Hbond substituents is 1. The lowest BCUT2D eigenvalue weighted by Crippen LogP contribution is -2.45. The highest BCUT2D eigenvalue weighted by molar-refractivity contribution is 9.13. The Morgan fingerprint density at radius 3 is 2.67 bits per heavy atom. The van der Waals surface area contributed by atoms with Gasteiger partial charge in [-0.25, -0.2) is 0 Å². The van der Waals surface area contributed by atoms with Crippen molar-refractivity contribution in [3.8, 4) is 17.6 Å². The number of piperazine rings is 1. The number of methoxy groups -OCH3 is 1. The molecule has 0 aliphatic carbocycles. The topological polar surface area (TPSA) is 68.5 Å². The molecule has 0 bridgehead atoms. The summed E-state index contributed by atoms with van der Waals surface area (Å²) in [5, 5.41) is 22.5. The van der Waals surface area contributed by atoms with Gasteiger partial charge in [-0.05, 0) is 43.5 Å².